The van der Waals surface area contributed by atoms with Crippen molar-refractivity contribution in [3.63, 3.8) is 0 Å². The van der Waals surface area contributed by atoms with Crippen LogP contribution in [0.15, 0.2) is 36.5 Å². The first-order valence-electron chi connectivity index (χ1n) is 4.31. The number of benzene rings is 1. The molecule has 0 atom stereocenters. The highest BCUT2D eigenvalue weighted by Crippen LogP contribution is 2.20. The summed E-state index contributed by atoms with van der Waals surface area (Å²) in [4.78, 5) is 0. The molecule has 70 valence electrons. The quantitative estimate of drug-likeness (QED) is 0.714. The van der Waals surface area contributed by atoms with Crippen molar-refractivity contribution in [2.24, 2.45) is 0 Å². The molecule has 1 aromatic carbocycles. The zero-order valence-electron chi connectivity index (χ0n) is 7.74. The molecule has 0 amide bonds. The van der Waals surface area contributed by atoms with Gasteiger partial charge in [0.1, 0.15) is 0 Å². The van der Waals surface area contributed by atoms with E-state index in [0.29, 0.717) is 5.15 Å². The molecule has 0 aliphatic rings. The summed E-state index contributed by atoms with van der Waals surface area (Å²) in [6.45, 7) is 2.06. The molecule has 2 aromatic rings. The van der Waals surface area contributed by atoms with Gasteiger partial charge in [0.2, 0.25) is 0 Å². The lowest BCUT2D eigenvalue weighted by molar-refractivity contribution is 1.03. The summed E-state index contributed by atoms with van der Waals surface area (Å²) in [5.41, 5.74) is 3.33. The predicted octanol–water partition coefficient (Wildman–Crippen LogP) is 3.11. The number of halogens is 1. The Morgan fingerprint density at radius 1 is 1.07 bits per heavy atom. The second-order valence-electron chi connectivity index (χ2n) is 3.13. The van der Waals surface area contributed by atoms with E-state index in [1.807, 2.05) is 12.1 Å². The largest absolute Gasteiger partial charge is 0.157 e. The van der Waals surface area contributed by atoms with Crippen molar-refractivity contribution in [1.29, 1.82) is 0 Å². The van der Waals surface area contributed by atoms with Crippen LogP contribution >= 0.6 is 11.6 Å². The van der Waals surface area contributed by atoms with Gasteiger partial charge in [-0.2, -0.15) is 5.10 Å². The third kappa shape index (κ3) is 1.91. The lowest BCUT2D eigenvalue weighted by Crippen LogP contribution is -1.84. The summed E-state index contributed by atoms with van der Waals surface area (Å²) in [6, 6.07) is 10.0. The number of hydrogen-bond donors (Lipinski definition) is 0. The molecule has 1 aromatic heterocycles. The fourth-order valence-corrected chi connectivity index (χ4v) is 1.41. The maximum atomic E-state index is 5.75. The second-order valence-corrected chi connectivity index (χ2v) is 3.52. The molecule has 3 heteroatoms. The van der Waals surface area contributed by atoms with E-state index in [0.717, 1.165) is 11.1 Å². The maximum Gasteiger partial charge on any atom is 0.152 e. The molecule has 0 saturated heterocycles. The van der Waals surface area contributed by atoms with Crippen LogP contribution in [0, 0.1) is 6.92 Å². The second kappa shape index (κ2) is 3.76. The molecule has 0 aliphatic heterocycles. The van der Waals surface area contributed by atoms with Crippen molar-refractivity contribution >= 4 is 11.6 Å². The average Bonchev–Trinajstić information content (AvgIpc) is 2.19. The van der Waals surface area contributed by atoms with E-state index in [2.05, 4.69) is 29.3 Å². The third-order valence-corrected chi connectivity index (χ3v) is 2.19. The summed E-state index contributed by atoms with van der Waals surface area (Å²) in [5, 5.41) is 7.92. The minimum absolute atomic E-state index is 0.420. The van der Waals surface area contributed by atoms with Gasteiger partial charge in [-0.25, -0.2) is 0 Å². The Morgan fingerprint density at radius 2 is 1.79 bits per heavy atom. The normalized spacial score (nSPS) is 10.1. The number of aryl methyl sites for hydroxylation is 1. The fraction of sp³-hybridized carbons (Fsp3) is 0.0909. The van der Waals surface area contributed by atoms with Crippen molar-refractivity contribution in [3.05, 3.63) is 47.2 Å². The molecule has 0 saturated carbocycles. The first kappa shape index (κ1) is 9.16. The summed E-state index contributed by atoms with van der Waals surface area (Å²) >= 11 is 5.75. The Hall–Kier alpha value is -1.41. The smallest absolute Gasteiger partial charge is 0.152 e. The average molecular weight is 205 g/mol. The van der Waals surface area contributed by atoms with Gasteiger partial charge in [-0.05, 0) is 18.6 Å². The van der Waals surface area contributed by atoms with E-state index < -0.39 is 0 Å². The van der Waals surface area contributed by atoms with Gasteiger partial charge in [0.05, 0.1) is 6.20 Å². The number of aromatic nitrogens is 2. The molecule has 2 nitrogen and oxygen atoms in total. The van der Waals surface area contributed by atoms with Crippen LogP contribution in [0.4, 0.5) is 0 Å². The predicted molar refractivity (Wildman–Crippen MR) is 57.2 cm³/mol. The molecule has 0 bridgehead atoms. The van der Waals surface area contributed by atoms with Crippen molar-refractivity contribution in [2.75, 3.05) is 0 Å². The molecule has 0 aliphatic carbocycles. The van der Waals surface area contributed by atoms with Crippen LogP contribution in [0.5, 0.6) is 0 Å². The Kier molecular flexibility index (Phi) is 2.46. The van der Waals surface area contributed by atoms with E-state index in [9.17, 15) is 0 Å². The minimum atomic E-state index is 0.420. The van der Waals surface area contributed by atoms with E-state index in [1.54, 1.807) is 12.3 Å². The molecule has 0 fully saturated rings. The van der Waals surface area contributed by atoms with Crippen molar-refractivity contribution < 1.29 is 0 Å². The molecular weight excluding hydrogens is 196 g/mol. The Labute approximate surface area is 87.6 Å². The van der Waals surface area contributed by atoms with Crippen LogP contribution in [0.1, 0.15) is 5.56 Å². The molecular formula is C11H9ClN2. The molecule has 0 N–H and O–H groups in total. The molecule has 1 heterocycles. The summed E-state index contributed by atoms with van der Waals surface area (Å²) in [7, 11) is 0. The van der Waals surface area contributed by atoms with E-state index in [4.69, 9.17) is 11.6 Å². The lowest BCUT2D eigenvalue weighted by atomic mass is 10.1. The Bertz CT molecular complexity index is 437. The molecule has 0 spiro atoms. The van der Waals surface area contributed by atoms with Gasteiger partial charge in [-0.1, -0.05) is 41.4 Å². The monoisotopic (exact) mass is 204 g/mol. The number of hydrogen-bond acceptors (Lipinski definition) is 2. The van der Waals surface area contributed by atoms with Crippen molar-refractivity contribution in [2.45, 2.75) is 6.92 Å². The summed E-state index contributed by atoms with van der Waals surface area (Å²) in [6.07, 6.45) is 1.70. The van der Waals surface area contributed by atoms with Gasteiger partial charge in [-0.15, -0.1) is 5.10 Å². The number of nitrogens with zero attached hydrogens (tertiary/aromatic N) is 2. The highest BCUT2D eigenvalue weighted by atomic mass is 35.5. The number of rotatable bonds is 1. The van der Waals surface area contributed by atoms with Gasteiger partial charge in [-0.3, -0.25) is 0 Å². The van der Waals surface area contributed by atoms with Crippen LogP contribution in [0.25, 0.3) is 11.1 Å². The van der Waals surface area contributed by atoms with Crippen LogP contribution in [0.2, 0.25) is 5.15 Å². The topological polar surface area (TPSA) is 25.8 Å². The zero-order chi connectivity index (χ0) is 9.97. The van der Waals surface area contributed by atoms with Crippen molar-refractivity contribution in [1.82, 2.24) is 10.2 Å². The van der Waals surface area contributed by atoms with Crippen LogP contribution in [-0.4, -0.2) is 10.2 Å². The van der Waals surface area contributed by atoms with Crippen LogP contribution in [0.3, 0.4) is 0 Å². The highest BCUT2D eigenvalue weighted by molar-refractivity contribution is 6.29. The standard InChI is InChI=1S/C11H9ClN2/c1-8-2-4-9(5-3-8)10-6-11(12)14-13-7-10/h2-7H,1H3. The molecule has 0 radical (unpaired) electrons. The van der Waals surface area contributed by atoms with Gasteiger partial charge >= 0.3 is 0 Å². The van der Waals surface area contributed by atoms with Gasteiger partial charge in [0.25, 0.3) is 0 Å². The fourth-order valence-electron chi connectivity index (χ4n) is 1.24. The maximum absolute atomic E-state index is 5.75. The van der Waals surface area contributed by atoms with E-state index in [-0.39, 0.29) is 0 Å². The molecule has 14 heavy (non-hydrogen) atoms. The minimum Gasteiger partial charge on any atom is -0.157 e. The summed E-state index contributed by atoms with van der Waals surface area (Å²) < 4.78 is 0. The molecule has 0 unspecified atom stereocenters. The van der Waals surface area contributed by atoms with Crippen molar-refractivity contribution in [3.8, 4) is 11.1 Å². The Balaban J connectivity index is 2.44. The third-order valence-electron chi connectivity index (χ3n) is 2.01. The first-order chi connectivity index (χ1) is 6.75. The lowest BCUT2D eigenvalue weighted by Gasteiger charge is -2.00. The SMILES string of the molecule is Cc1ccc(-c2cnnc(Cl)c2)cc1. The summed E-state index contributed by atoms with van der Waals surface area (Å²) in [5.74, 6) is 0. The zero-order valence-corrected chi connectivity index (χ0v) is 8.49. The van der Waals surface area contributed by atoms with Gasteiger partial charge in [0, 0.05) is 5.56 Å². The Morgan fingerprint density at radius 3 is 2.43 bits per heavy atom. The van der Waals surface area contributed by atoms with E-state index in [1.165, 1.54) is 5.56 Å². The van der Waals surface area contributed by atoms with E-state index >= 15 is 0 Å². The van der Waals surface area contributed by atoms with Gasteiger partial charge in [0.15, 0.2) is 5.15 Å². The first-order valence-corrected chi connectivity index (χ1v) is 4.69. The van der Waals surface area contributed by atoms with Gasteiger partial charge < -0.3 is 0 Å². The van der Waals surface area contributed by atoms with Crippen LogP contribution in [-0.2, 0) is 0 Å². The molecule has 2 rings (SSSR count). The highest BCUT2D eigenvalue weighted by Gasteiger charge is 1.98. The van der Waals surface area contributed by atoms with Crippen LogP contribution < -0.4 is 0 Å².